The fraction of sp³-hybridized carbons (Fsp3) is 0.811. The number of rotatable bonds is 27. The molecule has 0 aliphatic rings. The van der Waals surface area contributed by atoms with Gasteiger partial charge in [0.15, 0.2) is 0 Å². The van der Waals surface area contributed by atoms with Crippen LogP contribution in [0.4, 0.5) is 0 Å². The third kappa shape index (κ3) is 29.5. The molecule has 2 atom stereocenters. The number of hydrogen-bond donors (Lipinski definition) is 0. The fourth-order valence-electron chi connectivity index (χ4n) is 5.05. The number of carbonyl (C=O) groups excluding carboxylic acids is 1. The lowest BCUT2D eigenvalue weighted by Gasteiger charge is -2.15. The monoisotopic (exact) mass is 545 g/mol. The van der Waals surface area contributed by atoms with Crippen molar-refractivity contribution in [1.82, 2.24) is 0 Å². The Hall–Kier alpha value is -1.31. The molecule has 0 aromatic carbocycles. The molecule has 0 bridgehead atoms. The second kappa shape index (κ2) is 28.2. The SMILES string of the molecule is CCCC/C=C/C/C=C/CCCCCCCC(=O)OC/C=C(\C)CCCC(C)CCCC(C)CCCC(C)C. The molecule has 0 amide bonds. The van der Waals surface area contributed by atoms with Crippen LogP contribution in [0, 0.1) is 17.8 Å². The van der Waals surface area contributed by atoms with Crippen LogP contribution in [0.5, 0.6) is 0 Å². The summed E-state index contributed by atoms with van der Waals surface area (Å²) >= 11 is 0. The quantitative estimate of drug-likeness (QED) is 0.0584. The van der Waals surface area contributed by atoms with Crippen LogP contribution in [0.2, 0.25) is 0 Å². The van der Waals surface area contributed by atoms with Gasteiger partial charge >= 0.3 is 5.97 Å². The summed E-state index contributed by atoms with van der Waals surface area (Å²) in [6.07, 6.45) is 35.7. The number of allylic oxidation sites excluding steroid dienone is 5. The van der Waals surface area contributed by atoms with E-state index in [2.05, 4.69) is 71.9 Å². The van der Waals surface area contributed by atoms with Crippen molar-refractivity contribution in [1.29, 1.82) is 0 Å². The van der Waals surface area contributed by atoms with Gasteiger partial charge in [0.25, 0.3) is 0 Å². The van der Waals surface area contributed by atoms with Crippen molar-refractivity contribution in [2.45, 2.75) is 170 Å². The smallest absolute Gasteiger partial charge is 0.306 e. The van der Waals surface area contributed by atoms with Crippen molar-refractivity contribution in [3.63, 3.8) is 0 Å². The Labute approximate surface area is 245 Å². The van der Waals surface area contributed by atoms with Gasteiger partial charge in [0, 0.05) is 6.42 Å². The molecule has 0 heterocycles. The van der Waals surface area contributed by atoms with Crippen LogP contribution in [0.1, 0.15) is 170 Å². The summed E-state index contributed by atoms with van der Waals surface area (Å²) in [6, 6.07) is 0. The van der Waals surface area contributed by atoms with Gasteiger partial charge in [-0.2, -0.15) is 0 Å². The Morgan fingerprint density at radius 3 is 1.85 bits per heavy atom. The molecule has 0 aromatic rings. The average molecular weight is 545 g/mol. The summed E-state index contributed by atoms with van der Waals surface area (Å²) in [7, 11) is 0. The van der Waals surface area contributed by atoms with E-state index in [1.54, 1.807) is 0 Å². The molecule has 0 aliphatic carbocycles. The summed E-state index contributed by atoms with van der Waals surface area (Å²) in [5, 5.41) is 0. The number of ether oxygens (including phenoxy) is 1. The number of esters is 1. The van der Waals surface area contributed by atoms with Gasteiger partial charge in [-0.15, -0.1) is 0 Å². The van der Waals surface area contributed by atoms with Gasteiger partial charge in [-0.3, -0.25) is 4.79 Å². The highest BCUT2D eigenvalue weighted by atomic mass is 16.5. The minimum Gasteiger partial charge on any atom is -0.461 e. The molecular formula is C37H68O2. The predicted octanol–water partition coefficient (Wildman–Crippen LogP) is 12.3. The topological polar surface area (TPSA) is 26.3 Å². The van der Waals surface area contributed by atoms with Gasteiger partial charge < -0.3 is 4.74 Å². The minimum atomic E-state index is -0.0407. The highest BCUT2D eigenvalue weighted by Gasteiger charge is 2.07. The summed E-state index contributed by atoms with van der Waals surface area (Å²) in [5.41, 5.74) is 1.36. The van der Waals surface area contributed by atoms with Crippen molar-refractivity contribution in [2.24, 2.45) is 17.8 Å². The zero-order valence-electron chi connectivity index (χ0n) is 27.3. The summed E-state index contributed by atoms with van der Waals surface area (Å²) in [5.74, 6) is 2.50. The Balaban J connectivity index is 3.62. The van der Waals surface area contributed by atoms with E-state index in [9.17, 15) is 4.79 Å². The second-order valence-electron chi connectivity index (χ2n) is 12.7. The molecule has 0 saturated heterocycles. The number of unbranched alkanes of at least 4 members (excludes halogenated alkanes) is 7. The number of hydrogen-bond acceptors (Lipinski definition) is 2. The summed E-state index contributed by atoms with van der Waals surface area (Å²) in [6.45, 7) is 14.4. The van der Waals surface area contributed by atoms with E-state index in [-0.39, 0.29) is 5.97 Å². The van der Waals surface area contributed by atoms with Gasteiger partial charge in [0.05, 0.1) is 0 Å². The van der Waals surface area contributed by atoms with E-state index in [0.29, 0.717) is 13.0 Å². The maximum absolute atomic E-state index is 12.0. The molecule has 0 saturated carbocycles. The molecule has 0 radical (unpaired) electrons. The Bertz CT molecular complexity index is 627. The third-order valence-electron chi connectivity index (χ3n) is 7.90. The first-order valence-corrected chi connectivity index (χ1v) is 17.0. The molecule has 0 spiro atoms. The van der Waals surface area contributed by atoms with E-state index in [1.165, 1.54) is 102 Å². The molecule has 228 valence electrons. The van der Waals surface area contributed by atoms with Crippen LogP contribution in [0.3, 0.4) is 0 Å². The van der Waals surface area contributed by atoms with Gasteiger partial charge in [0.1, 0.15) is 6.61 Å². The van der Waals surface area contributed by atoms with E-state index in [0.717, 1.165) is 43.4 Å². The summed E-state index contributed by atoms with van der Waals surface area (Å²) < 4.78 is 5.44. The molecule has 39 heavy (non-hydrogen) atoms. The van der Waals surface area contributed by atoms with Crippen molar-refractivity contribution in [3.8, 4) is 0 Å². The first kappa shape index (κ1) is 37.7. The lowest BCUT2D eigenvalue weighted by atomic mass is 9.91. The lowest BCUT2D eigenvalue weighted by Crippen LogP contribution is -2.04. The molecule has 0 aromatic heterocycles. The molecule has 2 unspecified atom stereocenters. The zero-order valence-corrected chi connectivity index (χ0v) is 27.3. The second-order valence-corrected chi connectivity index (χ2v) is 12.7. The molecular weight excluding hydrogens is 476 g/mol. The van der Waals surface area contributed by atoms with Crippen molar-refractivity contribution < 1.29 is 9.53 Å². The molecule has 0 fully saturated rings. The Kier molecular flexibility index (Phi) is 27.3. The van der Waals surface area contributed by atoms with Crippen LogP contribution < -0.4 is 0 Å². The van der Waals surface area contributed by atoms with Crippen LogP contribution in [0.15, 0.2) is 36.0 Å². The van der Waals surface area contributed by atoms with E-state index < -0.39 is 0 Å². The Morgan fingerprint density at radius 1 is 0.641 bits per heavy atom. The lowest BCUT2D eigenvalue weighted by molar-refractivity contribution is -0.142. The maximum Gasteiger partial charge on any atom is 0.306 e. The Morgan fingerprint density at radius 2 is 1.21 bits per heavy atom. The van der Waals surface area contributed by atoms with Crippen molar-refractivity contribution in [3.05, 3.63) is 36.0 Å². The molecule has 0 rings (SSSR count). The maximum atomic E-state index is 12.0. The van der Waals surface area contributed by atoms with Crippen LogP contribution in [-0.4, -0.2) is 12.6 Å². The van der Waals surface area contributed by atoms with Gasteiger partial charge in [-0.05, 0) is 75.7 Å². The highest BCUT2D eigenvalue weighted by molar-refractivity contribution is 5.69. The van der Waals surface area contributed by atoms with Crippen molar-refractivity contribution >= 4 is 5.97 Å². The first-order chi connectivity index (χ1) is 18.8. The van der Waals surface area contributed by atoms with E-state index >= 15 is 0 Å². The first-order valence-electron chi connectivity index (χ1n) is 17.0. The molecule has 2 heteroatoms. The van der Waals surface area contributed by atoms with Crippen LogP contribution in [-0.2, 0) is 9.53 Å². The molecule has 0 N–H and O–H groups in total. The molecule has 0 aliphatic heterocycles. The van der Waals surface area contributed by atoms with E-state index in [1.807, 2.05) is 0 Å². The molecule has 2 nitrogen and oxygen atoms in total. The van der Waals surface area contributed by atoms with Gasteiger partial charge in [0.2, 0.25) is 0 Å². The zero-order chi connectivity index (χ0) is 29.0. The highest BCUT2D eigenvalue weighted by Crippen LogP contribution is 2.22. The number of carbonyl (C=O) groups is 1. The van der Waals surface area contributed by atoms with Crippen molar-refractivity contribution in [2.75, 3.05) is 6.61 Å². The largest absolute Gasteiger partial charge is 0.461 e. The normalized spacial score (nSPS) is 14.1. The fourth-order valence-corrected chi connectivity index (χ4v) is 5.05. The third-order valence-corrected chi connectivity index (χ3v) is 7.90. The van der Waals surface area contributed by atoms with E-state index in [4.69, 9.17) is 4.74 Å². The summed E-state index contributed by atoms with van der Waals surface area (Å²) in [4.78, 5) is 12.0. The van der Waals surface area contributed by atoms with Gasteiger partial charge in [-0.25, -0.2) is 0 Å². The minimum absolute atomic E-state index is 0.0407. The standard InChI is InChI=1S/C37H68O2/c1-7-8-9-10-11-12-13-14-15-16-17-18-19-20-30-37(38)39-32-31-36(6)29-23-28-35(5)27-22-26-34(4)25-21-24-33(2)3/h10-11,13-14,31,33-35H,7-9,12,15-30,32H2,1-6H3/b11-10+,14-13+,36-31+. The average Bonchev–Trinajstić information content (AvgIpc) is 2.88. The predicted molar refractivity (Wildman–Crippen MR) is 174 cm³/mol. The van der Waals surface area contributed by atoms with Crippen LogP contribution in [0.25, 0.3) is 0 Å². The van der Waals surface area contributed by atoms with Crippen LogP contribution >= 0.6 is 0 Å². The van der Waals surface area contributed by atoms with Gasteiger partial charge in [-0.1, -0.05) is 142 Å².